The number of anilines is 1. The molecule has 0 spiro atoms. The molecule has 1 saturated carbocycles. The van der Waals surface area contributed by atoms with Gasteiger partial charge in [-0.1, -0.05) is 31.0 Å². The highest BCUT2D eigenvalue weighted by molar-refractivity contribution is 5.80. The van der Waals surface area contributed by atoms with Gasteiger partial charge >= 0.3 is 5.97 Å². The molecule has 1 aromatic rings. The number of carboxylic acids is 1. The molecule has 19 heavy (non-hydrogen) atoms. The second kappa shape index (κ2) is 4.87. The van der Waals surface area contributed by atoms with E-state index in [0.29, 0.717) is 6.04 Å². The van der Waals surface area contributed by atoms with Crippen molar-refractivity contribution in [1.29, 1.82) is 0 Å². The van der Waals surface area contributed by atoms with E-state index in [2.05, 4.69) is 11.0 Å². The summed E-state index contributed by atoms with van der Waals surface area (Å²) in [6.45, 7) is 2.85. The molecule has 0 aromatic heterocycles. The fraction of sp³-hybridized carbons (Fsp3) is 0.562. The summed E-state index contributed by atoms with van der Waals surface area (Å²) in [5.74, 6) is -1.15. The van der Waals surface area contributed by atoms with Gasteiger partial charge < -0.3 is 10.0 Å². The van der Waals surface area contributed by atoms with E-state index in [-0.39, 0.29) is 0 Å². The molecule has 1 unspecified atom stereocenters. The molecule has 0 amide bonds. The molecule has 0 bridgehead atoms. The first-order valence-corrected chi connectivity index (χ1v) is 7.29. The van der Waals surface area contributed by atoms with Crippen molar-refractivity contribution in [3.8, 4) is 0 Å². The lowest BCUT2D eigenvalue weighted by molar-refractivity contribution is -0.138. The minimum atomic E-state index is -0.730. The molecule has 1 aromatic carbocycles. The van der Waals surface area contributed by atoms with Gasteiger partial charge in [-0.05, 0) is 37.3 Å². The number of benzene rings is 1. The van der Waals surface area contributed by atoms with Gasteiger partial charge in [0.25, 0.3) is 0 Å². The summed E-state index contributed by atoms with van der Waals surface area (Å²) in [5, 5.41) is 9.30. The predicted octanol–water partition coefficient (Wildman–Crippen LogP) is 3.18. The summed E-state index contributed by atoms with van der Waals surface area (Å²) in [4.78, 5) is 13.8. The zero-order chi connectivity index (χ0) is 13.4. The lowest BCUT2D eigenvalue weighted by atomic mass is 9.96. The second-order valence-corrected chi connectivity index (χ2v) is 5.80. The predicted molar refractivity (Wildman–Crippen MR) is 75.8 cm³/mol. The van der Waals surface area contributed by atoms with Gasteiger partial charge in [-0.25, -0.2) is 0 Å². The van der Waals surface area contributed by atoms with E-state index in [1.165, 1.54) is 36.9 Å². The number of hydrogen-bond acceptors (Lipinski definition) is 2. The fourth-order valence-electron chi connectivity index (χ4n) is 3.58. The van der Waals surface area contributed by atoms with Crippen LogP contribution in [0.4, 0.5) is 5.69 Å². The Bertz CT molecular complexity index is 492. The van der Waals surface area contributed by atoms with Crippen LogP contribution < -0.4 is 4.90 Å². The zero-order valence-corrected chi connectivity index (χ0v) is 11.4. The summed E-state index contributed by atoms with van der Waals surface area (Å²) in [7, 11) is 0. The van der Waals surface area contributed by atoms with Gasteiger partial charge in [0.05, 0.1) is 5.92 Å². The van der Waals surface area contributed by atoms with E-state index in [4.69, 9.17) is 0 Å². The van der Waals surface area contributed by atoms with E-state index in [0.717, 1.165) is 18.5 Å². The first-order valence-electron chi connectivity index (χ1n) is 7.29. The Labute approximate surface area is 114 Å². The molecule has 2 aliphatic rings. The van der Waals surface area contributed by atoms with Crippen molar-refractivity contribution in [2.24, 2.45) is 0 Å². The van der Waals surface area contributed by atoms with Crippen molar-refractivity contribution in [2.45, 2.75) is 51.0 Å². The summed E-state index contributed by atoms with van der Waals surface area (Å²) in [6, 6.07) is 6.78. The SMILES string of the molecule is CC(C(=O)O)c1cccc2c1N(C1CCCC1)CC2. The maximum Gasteiger partial charge on any atom is 0.310 e. The Balaban J connectivity index is 1.99. The molecule has 3 rings (SSSR count). The maximum absolute atomic E-state index is 11.3. The van der Waals surface area contributed by atoms with Crippen molar-refractivity contribution in [2.75, 3.05) is 11.4 Å². The summed E-state index contributed by atoms with van der Waals surface area (Å²) in [5.41, 5.74) is 3.55. The highest BCUT2D eigenvalue weighted by atomic mass is 16.4. The van der Waals surface area contributed by atoms with Crippen molar-refractivity contribution >= 4 is 11.7 Å². The third kappa shape index (κ3) is 2.11. The normalized spacial score (nSPS) is 20.6. The standard InChI is InChI=1S/C16H21NO2/c1-11(16(18)19)14-8-4-5-12-9-10-17(15(12)14)13-6-2-3-7-13/h4-5,8,11,13H,2-3,6-7,9-10H2,1H3,(H,18,19). The summed E-state index contributed by atoms with van der Waals surface area (Å²) in [6.07, 6.45) is 6.21. The Kier molecular flexibility index (Phi) is 3.21. The van der Waals surface area contributed by atoms with Crippen LogP contribution in [0.2, 0.25) is 0 Å². The third-order valence-electron chi connectivity index (χ3n) is 4.66. The van der Waals surface area contributed by atoms with E-state index < -0.39 is 11.9 Å². The lowest BCUT2D eigenvalue weighted by Gasteiger charge is -2.29. The van der Waals surface area contributed by atoms with Crippen LogP contribution in [0, 0.1) is 0 Å². The molecule has 1 aliphatic heterocycles. The van der Waals surface area contributed by atoms with Gasteiger partial charge in [-0.15, -0.1) is 0 Å². The topological polar surface area (TPSA) is 40.5 Å². The van der Waals surface area contributed by atoms with Crippen LogP contribution in [-0.4, -0.2) is 23.7 Å². The largest absolute Gasteiger partial charge is 0.481 e. The number of carbonyl (C=O) groups is 1. The van der Waals surface area contributed by atoms with E-state index in [9.17, 15) is 9.90 Å². The van der Waals surface area contributed by atoms with E-state index in [1.807, 2.05) is 12.1 Å². The van der Waals surface area contributed by atoms with Crippen molar-refractivity contribution in [3.63, 3.8) is 0 Å². The van der Waals surface area contributed by atoms with Crippen LogP contribution in [0.1, 0.15) is 49.7 Å². The summed E-state index contributed by atoms with van der Waals surface area (Å²) < 4.78 is 0. The smallest absolute Gasteiger partial charge is 0.310 e. The summed E-state index contributed by atoms with van der Waals surface area (Å²) >= 11 is 0. The Hall–Kier alpha value is -1.51. The maximum atomic E-state index is 11.3. The van der Waals surface area contributed by atoms with Crippen LogP contribution in [-0.2, 0) is 11.2 Å². The van der Waals surface area contributed by atoms with Gasteiger partial charge in [-0.3, -0.25) is 4.79 Å². The number of rotatable bonds is 3. The Morgan fingerprint density at radius 2 is 2.11 bits per heavy atom. The molecule has 1 N–H and O–H groups in total. The van der Waals surface area contributed by atoms with Crippen LogP contribution in [0.15, 0.2) is 18.2 Å². The molecule has 1 atom stereocenters. The van der Waals surface area contributed by atoms with Crippen molar-refractivity contribution in [1.82, 2.24) is 0 Å². The minimum Gasteiger partial charge on any atom is -0.481 e. The molecule has 1 aliphatic carbocycles. The van der Waals surface area contributed by atoms with Crippen LogP contribution in [0.5, 0.6) is 0 Å². The average molecular weight is 259 g/mol. The van der Waals surface area contributed by atoms with Gasteiger partial charge in [0.2, 0.25) is 0 Å². The molecule has 0 saturated heterocycles. The Morgan fingerprint density at radius 1 is 1.37 bits per heavy atom. The van der Waals surface area contributed by atoms with E-state index >= 15 is 0 Å². The van der Waals surface area contributed by atoms with E-state index in [1.54, 1.807) is 6.92 Å². The van der Waals surface area contributed by atoms with Crippen LogP contribution >= 0.6 is 0 Å². The fourth-order valence-corrected chi connectivity index (χ4v) is 3.58. The average Bonchev–Trinajstić information content (AvgIpc) is 3.05. The molecule has 1 fully saturated rings. The number of carboxylic acid groups (broad SMARTS) is 1. The highest BCUT2D eigenvalue weighted by Gasteiger charge is 2.32. The first-order chi connectivity index (χ1) is 9.18. The number of para-hydroxylation sites is 1. The van der Waals surface area contributed by atoms with Gasteiger partial charge in [-0.2, -0.15) is 0 Å². The Morgan fingerprint density at radius 3 is 2.79 bits per heavy atom. The van der Waals surface area contributed by atoms with Crippen molar-refractivity contribution < 1.29 is 9.90 Å². The van der Waals surface area contributed by atoms with Gasteiger partial charge in [0.15, 0.2) is 0 Å². The number of aliphatic carboxylic acids is 1. The quantitative estimate of drug-likeness (QED) is 0.906. The zero-order valence-electron chi connectivity index (χ0n) is 11.4. The monoisotopic (exact) mass is 259 g/mol. The number of nitrogens with zero attached hydrogens (tertiary/aromatic N) is 1. The van der Waals surface area contributed by atoms with Crippen LogP contribution in [0.3, 0.4) is 0 Å². The molecule has 0 radical (unpaired) electrons. The molecule has 3 heteroatoms. The van der Waals surface area contributed by atoms with Crippen LogP contribution in [0.25, 0.3) is 0 Å². The number of fused-ring (bicyclic) bond motifs is 1. The third-order valence-corrected chi connectivity index (χ3v) is 4.66. The number of hydrogen-bond donors (Lipinski definition) is 1. The lowest BCUT2D eigenvalue weighted by Crippen LogP contribution is -2.32. The molecule has 1 heterocycles. The molecule has 102 valence electrons. The molecule has 3 nitrogen and oxygen atoms in total. The highest BCUT2D eigenvalue weighted by Crippen LogP contribution is 2.40. The molecular weight excluding hydrogens is 238 g/mol. The molecular formula is C16H21NO2. The first kappa shape index (κ1) is 12.5. The van der Waals surface area contributed by atoms with Gasteiger partial charge in [0.1, 0.15) is 0 Å². The minimum absolute atomic E-state index is 0.419. The van der Waals surface area contributed by atoms with Crippen molar-refractivity contribution in [3.05, 3.63) is 29.3 Å². The second-order valence-electron chi connectivity index (χ2n) is 5.80. The van der Waals surface area contributed by atoms with Gasteiger partial charge in [0, 0.05) is 18.3 Å².